The van der Waals surface area contributed by atoms with E-state index in [4.69, 9.17) is 19.4 Å². The highest BCUT2D eigenvalue weighted by molar-refractivity contribution is 7.99. The maximum atomic E-state index is 6.39. The molecule has 0 amide bonds. The molecule has 0 bridgehead atoms. The van der Waals surface area contributed by atoms with Gasteiger partial charge in [-0.05, 0) is 51.1 Å². The predicted molar refractivity (Wildman–Crippen MR) is 230 cm³/mol. The van der Waals surface area contributed by atoms with Gasteiger partial charge in [-0.2, -0.15) is 0 Å². The Morgan fingerprint density at radius 3 is 1.67 bits per heavy atom. The summed E-state index contributed by atoms with van der Waals surface area (Å²) in [7, 11) is 0. The van der Waals surface area contributed by atoms with Crippen molar-refractivity contribution in [3.05, 3.63) is 210 Å². The Balaban J connectivity index is 1.05. The van der Waals surface area contributed by atoms with Gasteiger partial charge in [-0.15, -0.1) is 0 Å². The molecule has 8 aromatic carbocycles. The molecule has 0 saturated heterocycles. The van der Waals surface area contributed by atoms with Gasteiger partial charge in [-0.3, -0.25) is 0 Å². The van der Waals surface area contributed by atoms with E-state index in [1.807, 2.05) is 42.1 Å². The van der Waals surface area contributed by atoms with Crippen LogP contribution >= 0.6 is 11.8 Å². The Bertz CT molecular complexity index is 3180. The average molecular weight is 746 g/mol. The molecule has 1 spiro atoms. The number of benzene rings is 8. The van der Waals surface area contributed by atoms with Crippen molar-refractivity contribution >= 4 is 33.7 Å². The minimum atomic E-state index is -0.489. The van der Waals surface area contributed by atoms with Crippen molar-refractivity contribution in [2.75, 3.05) is 0 Å². The van der Waals surface area contributed by atoms with Crippen LogP contribution in [-0.2, 0) is 5.41 Å². The first-order chi connectivity index (χ1) is 28.3. The number of nitrogens with zero attached hydrogens (tertiary/aromatic N) is 3. The number of furan rings is 1. The van der Waals surface area contributed by atoms with Gasteiger partial charge in [0.1, 0.15) is 11.2 Å². The fourth-order valence-corrected chi connectivity index (χ4v) is 10.5. The molecule has 1 aliphatic carbocycles. The van der Waals surface area contributed by atoms with E-state index in [9.17, 15) is 0 Å². The van der Waals surface area contributed by atoms with Crippen LogP contribution in [-0.4, -0.2) is 15.0 Å². The molecule has 0 radical (unpaired) electrons. The molecule has 12 rings (SSSR count). The number of fused-ring (bicyclic) bond motifs is 12. The molecule has 57 heavy (non-hydrogen) atoms. The van der Waals surface area contributed by atoms with Crippen molar-refractivity contribution in [3.8, 4) is 56.4 Å². The minimum absolute atomic E-state index is 0.489. The molecule has 0 unspecified atom stereocenters. The molecule has 0 saturated carbocycles. The van der Waals surface area contributed by atoms with Gasteiger partial charge in [0.15, 0.2) is 17.5 Å². The Labute approximate surface area is 333 Å². The van der Waals surface area contributed by atoms with Crippen LogP contribution in [0.4, 0.5) is 0 Å². The summed E-state index contributed by atoms with van der Waals surface area (Å²) in [6.45, 7) is 0. The highest BCUT2D eigenvalue weighted by Gasteiger charge is 2.50. The Morgan fingerprint density at radius 2 is 0.895 bits per heavy atom. The first-order valence-corrected chi connectivity index (χ1v) is 20.0. The van der Waals surface area contributed by atoms with Gasteiger partial charge in [0.25, 0.3) is 0 Å². The van der Waals surface area contributed by atoms with Gasteiger partial charge in [0.2, 0.25) is 0 Å². The summed E-state index contributed by atoms with van der Waals surface area (Å²) in [4.78, 5) is 18.0. The van der Waals surface area contributed by atoms with Gasteiger partial charge >= 0.3 is 0 Å². The van der Waals surface area contributed by atoms with Crippen LogP contribution in [0.25, 0.3) is 78.4 Å². The molecule has 0 fully saturated rings. The summed E-state index contributed by atoms with van der Waals surface area (Å²) in [6, 6.07) is 66.6. The van der Waals surface area contributed by atoms with Crippen molar-refractivity contribution in [1.82, 2.24) is 15.0 Å². The molecule has 5 heteroatoms. The lowest BCUT2D eigenvalue weighted by Gasteiger charge is -2.40. The van der Waals surface area contributed by atoms with Crippen LogP contribution in [0.2, 0.25) is 0 Å². The van der Waals surface area contributed by atoms with E-state index in [0.717, 1.165) is 54.7 Å². The number of rotatable bonds is 4. The molecule has 2 aromatic heterocycles. The smallest absolute Gasteiger partial charge is 0.165 e. The summed E-state index contributed by atoms with van der Waals surface area (Å²) in [5, 5.41) is 2.23. The molecule has 10 aromatic rings. The largest absolute Gasteiger partial charge is 0.455 e. The van der Waals surface area contributed by atoms with Crippen LogP contribution in [0.5, 0.6) is 0 Å². The van der Waals surface area contributed by atoms with Crippen LogP contribution < -0.4 is 0 Å². The zero-order valence-electron chi connectivity index (χ0n) is 30.6. The predicted octanol–water partition coefficient (Wildman–Crippen LogP) is 13.3. The third-order valence-electron chi connectivity index (χ3n) is 11.6. The number of hydrogen-bond acceptors (Lipinski definition) is 5. The topological polar surface area (TPSA) is 51.8 Å². The van der Waals surface area contributed by atoms with Gasteiger partial charge in [0.05, 0.1) is 5.41 Å². The van der Waals surface area contributed by atoms with Gasteiger partial charge in [-0.25, -0.2) is 15.0 Å². The first kappa shape index (κ1) is 32.2. The number of aromatic nitrogens is 3. The van der Waals surface area contributed by atoms with Crippen molar-refractivity contribution < 1.29 is 4.42 Å². The van der Waals surface area contributed by atoms with E-state index in [2.05, 4.69) is 158 Å². The molecular formula is C52H31N3OS. The molecule has 4 nitrogen and oxygen atoms in total. The second kappa shape index (κ2) is 12.5. The molecular weight excluding hydrogens is 715 g/mol. The van der Waals surface area contributed by atoms with Crippen LogP contribution in [0.1, 0.15) is 22.3 Å². The van der Waals surface area contributed by atoms with E-state index < -0.39 is 5.41 Å². The van der Waals surface area contributed by atoms with E-state index in [-0.39, 0.29) is 0 Å². The molecule has 1 aliphatic heterocycles. The van der Waals surface area contributed by atoms with Crippen LogP contribution in [0.15, 0.2) is 202 Å². The van der Waals surface area contributed by atoms with Crippen molar-refractivity contribution in [3.63, 3.8) is 0 Å². The maximum Gasteiger partial charge on any atom is 0.165 e. The molecule has 2 aliphatic rings. The maximum absolute atomic E-state index is 6.39. The fraction of sp³-hybridized carbons (Fsp3) is 0.0192. The van der Waals surface area contributed by atoms with Crippen LogP contribution in [0.3, 0.4) is 0 Å². The second-order valence-electron chi connectivity index (χ2n) is 14.7. The fourth-order valence-electron chi connectivity index (χ4n) is 9.17. The zero-order valence-corrected chi connectivity index (χ0v) is 31.4. The quantitative estimate of drug-likeness (QED) is 0.180. The van der Waals surface area contributed by atoms with Gasteiger partial charge in [0, 0.05) is 42.8 Å². The monoisotopic (exact) mass is 745 g/mol. The summed E-state index contributed by atoms with van der Waals surface area (Å²) < 4.78 is 6.39. The standard InChI is InChI=1S/C52H31N3OS/c1-2-14-33(15-3-1)49-53-50(34-30-28-32(29-31-34)35-19-12-20-39-38-18-6-10-26-45(38)56-47(35)39)55-51(54-49)40-21-13-25-44-48(40)57-46-27-11-9-24-43(46)52(44)41-22-7-4-16-36(41)37-17-5-8-23-42(37)52/h1-31H. The number of para-hydroxylation sites is 2. The lowest BCUT2D eigenvalue weighted by molar-refractivity contribution is 0.670. The Hall–Kier alpha value is -7.08. The first-order valence-electron chi connectivity index (χ1n) is 19.2. The zero-order chi connectivity index (χ0) is 37.5. The molecule has 0 atom stereocenters. The Morgan fingerprint density at radius 1 is 0.368 bits per heavy atom. The molecule has 3 heterocycles. The Kier molecular flexibility index (Phi) is 7.04. The number of hydrogen-bond donors (Lipinski definition) is 0. The second-order valence-corrected chi connectivity index (χ2v) is 15.7. The van der Waals surface area contributed by atoms with Gasteiger partial charge < -0.3 is 4.42 Å². The molecule has 266 valence electrons. The van der Waals surface area contributed by atoms with E-state index in [1.165, 1.54) is 38.3 Å². The van der Waals surface area contributed by atoms with Crippen molar-refractivity contribution in [2.24, 2.45) is 0 Å². The minimum Gasteiger partial charge on any atom is -0.455 e. The summed E-state index contributed by atoms with van der Waals surface area (Å²) in [5.41, 5.74) is 13.9. The van der Waals surface area contributed by atoms with Crippen molar-refractivity contribution in [2.45, 2.75) is 15.2 Å². The third-order valence-corrected chi connectivity index (χ3v) is 12.9. The van der Waals surface area contributed by atoms with E-state index in [1.54, 1.807) is 0 Å². The lowest BCUT2D eigenvalue weighted by Crippen LogP contribution is -2.32. The summed E-state index contributed by atoms with van der Waals surface area (Å²) in [5.74, 6) is 1.91. The SMILES string of the molecule is c1ccc(-c2nc(-c3ccc(-c4cccc5c4oc4ccccc45)cc3)nc(-c3cccc4c3Sc3ccccc3C43c4ccccc4-c4ccccc43)n2)cc1. The van der Waals surface area contributed by atoms with Gasteiger partial charge in [-0.1, -0.05) is 188 Å². The highest BCUT2D eigenvalue weighted by Crippen LogP contribution is 2.63. The normalized spacial score (nSPS) is 13.3. The summed E-state index contributed by atoms with van der Waals surface area (Å²) in [6.07, 6.45) is 0. The third kappa shape index (κ3) is 4.73. The van der Waals surface area contributed by atoms with Crippen molar-refractivity contribution in [1.29, 1.82) is 0 Å². The van der Waals surface area contributed by atoms with E-state index >= 15 is 0 Å². The van der Waals surface area contributed by atoms with Crippen LogP contribution in [0, 0.1) is 0 Å². The summed E-state index contributed by atoms with van der Waals surface area (Å²) >= 11 is 1.81. The van der Waals surface area contributed by atoms with E-state index in [0.29, 0.717) is 17.5 Å². The average Bonchev–Trinajstić information content (AvgIpc) is 3.81. The lowest BCUT2D eigenvalue weighted by atomic mass is 9.67. The molecule has 0 N–H and O–H groups in total. The highest BCUT2D eigenvalue weighted by atomic mass is 32.2.